The molecule has 1 fully saturated rings. The highest BCUT2D eigenvalue weighted by atomic mass is 35.5. The molecule has 4 nitrogen and oxygen atoms in total. The monoisotopic (exact) mass is 311 g/mol. The molecule has 1 aromatic carbocycles. The van der Waals surface area contributed by atoms with Crippen molar-refractivity contribution >= 4 is 28.9 Å². The van der Waals surface area contributed by atoms with E-state index in [9.17, 15) is 0 Å². The molecular weight excluding hydrogens is 297 g/mol. The topological polar surface area (TPSA) is 64.9 Å². The third-order valence-electron chi connectivity index (χ3n) is 3.74. The van der Waals surface area contributed by atoms with Gasteiger partial charge < -0.3 is 10.3 Å². The Labute approximate surface area is 127 Å². The molecule has 106 valence electrons. The second-order valence-corrected chi connectivity index (χ2v) is 5.99. The van der Waals surface area contributed by atoms with Crippen molar-refractivity contribution in [1.29, 1.82) is 0 Å². The van der Waals surface area contributed by atoms with Gasteiger partial charge in [-0.3, -0.25) is 0 Å². The lowest BCUT2D eigenvalue weighted by Crippen LogP contribution is -2.06. The molecule has 0 unspecified atom stereocenters. The normalized spacial score (nSPS) is 16.5. The van der Waals surface area contributed by atoms with Gasteiger partial charge in [0.2, 0.25) is 0 Å². The molecule has 0 spiro atoms. The highest BCUT2D eigenvalue weighted by molar-refractivity contribution is 6.37. The average molecular weight is 312 g/mol. The first-order valence-electron chi connectivity index (χ1n) is 6.73. The third-order valence-corrected chi connectivity index (χ3v) is 4.27. The van der Waals surface area contributed by atoms with E-state index in [0.29, 0.717) is 33.1 Å². The van der Waals surface area contributed by atoms with Crippen molar-refractivity contribution < 1.29 is 4.52 Å². The maximum absolute atomic E-state index is 6.03. The lowest BCUT2D eigenvalue weighted by atomic mass is 9.89. The molecule has 0 radical (unpaired) electrons. The third kappa shape index (κ3) is 2.63. The van der Waals surface area contributed by atoms with Crippen LogP contribution in [0.2, 0.25) is 10.0 Å². The van der Waals surface area contributed by atoms with Crippen molar-refractivity contribution in [3.8, 4) is 11.5 Å². The second kappa shape index (κ2) is 5.62. The molecule has 0 atom stereocenters. The number of aromatic nitrogens is 2. The predicted molar refractivity (Wildman–Crippen MR) is 80.0 cm³/mol. The summed E-state index contributed by atoms with van der Waals surface area (Å²) in [5.41, 5.74) is 6.96. The fourth-order valence-electron chi connectivity index (χ4n) is 2.63. The van der Waals surface area contributed by atoms with Crippen molar-refractivity contribution in [1.82, 2.24) is 10.1 Å². The van der Waals surface area contributed by atoms with Crippen LogP contribution < -0.4 is 5.73 Å². The SMILES string of the molecule is Nc1c(Cl)cc(Cl)cc1-c1nc(C2CCCCC2)no1. The van der Waals surface area contributed by atoms with Crippen LogP contribution >= 0.6 is 23.2 Å². The summed E-state index contributed by atoms with van der Waals surface area (Å²) in [6.07, 6.45) is 5.97. The Morgan fingerprint density at radius 3 is 2.65 bits per heavy atom. The maximum atomic E-state index is 6.03. The van der Waals surface area contributed by atoms with E-state index >= 15 is 0 Å². The van der Waals surface area contributed by atoms with Crippen LogP contribution in [0.15, 0.2) is 16.7 Å². The molecule has 1 saturated carbocycles. The van der Waals surface area contributed by atoms with E-state index in [0.717, 1.165) is 18.7 Å². The zero-order valence-corrected chi connectivity index (χ0v) is 12.4. The van der Waals surface area contributed by atoms with Crippen LogP contribution in [0, 0.1) is 0 Å². The van der Waals surface area contributed by atoms with E-state index in [4.69, 9.17) is 33.5 Å². The van der Waals surface area contributed by atoms with Crippen LogP contribution in [0.25, 0.3) is 11.5 Å². The Morgan fingerprint density at radius 2 is 1.90 bits per heavy atom. The van der Waals surface area contributed by atoms with Crippen LogP contribution in [-0.4, -0.2) is 10.1 Å². The largest absolute Gasteiger partial charge is 0.397 e. The summed E-state index contributed by atoms with van der Waals surface area (Å²) in [6, 6.07) is 3.29. The first-order chi connectivity index (χ1) is 9.65. The molecule has 20 heavy (non-hydrogen) atoms. The minimum atomic E-state index is 0.382. The molecule has 1 heterocycles. The highest BCUT2D eigenvalue weighted by Crippen LogP contribution is 2.36. The Hall–Kier alpha value is -1.26. The molecule has 1 aliphatic carbocycles. The minimum absolute atomic E-state index is 0.382. The fraction of sp³-hybridized carbons (Fsp3) is 0.429. The van der Waals surface area contributed by atoms with Crippen molar-refractivity contribution in [3.05, 3.63) is 28.0 Å². The van der Waals surface area contributed by atoms with Crippen LogP contribution in [0.1, 0.15) is 43.8 Å². The lowest BCUT2D eigenvalue weighted by molar-refractivity contribution is 0.385. The summed E-state index contributed by atoms with van der Waals surface area (Å²) in [4.78, 5) is 4.47. The number of anilines is 1. The summed E-state index contributed by atoms with van der Waals surface area (Å²) in [5, 5.41) is 4.98. The van der Waals surface area contributed by atoms with E-state index in [1.165, 1.54) is 19.3 Å². The fourth-order valence-corrected chi connectivity index (χ4v) is 3.13. The number of nitrogens with two attached hydrogens (primary N) is 1. The maximum Gasteiger partial charge on any atom is 0.260 e. The summed E-state index contributed by atoms with van der Waals surface area (Å²) in [7, 11) is 0. The summed E-state index contributed by atoms with van der Waals surface area (Å²) >= 11 is 12.0. The van der Waals surface area contributed by atoms with Gasteiger partial charge in [0, 0.05) is 10.9 Å². The van der Waals surface area contributed by atoms with Crippen molar-refractivity contribution in [3.63, 3.8) is 0 Å². The second-order valence-electron chi connectivity index (χ2n) is 5.14. The van der Waals surface area contributed by atoms with Gasteiger partial charge in [0.25, 0.3) is 5.89 Å². The van der Waals surface area contributed by atoms with Gasteiger partial charge in [-0.1, -0.05) is 47.6 Å². The quantitative estimate of drug-likeness (QED) is 0.818. The highest BCUT2D eigenvalue weighted by Gasteiger charge is 2.22. The average Bonchev–Trinajstić information content (AvgIpc) is 2.93. The lowest BCUT2D eigenvalue weighted by Gasteiger charge is -2.17. The number of nitrogens with zero attached hydrogens (tertiary/aromatic N) is 2. The minimum Gasteiger partial charge on any atom is -0.397 e. The standard InChI is InChI=1S/C14H15Cl2N3O/c15-9-6-10(12(17)11(16)7-9)14-18-13(19-20-14)8-4-2-1-3-5-8/h6-8H,1-5,17H2. The Morgan fingerprint density at radius 1 is 1.15 bits per heavy atom. The van der Waals surface area contributed by atoms with E-state index < -0.39 is 0 Å². The number of nitrogen functional groups attached to an aromatic ring is 1. The zero-order chi connectivity index (χ0) is 14.1. The molecule has 1 aliphatic rings. The van der Waals surface area contributed by atoms with Crippen LogP contribution in [-0.2, 0) is 0 Å². The number of halogens is 2. The molecule has 6 heteroatoms. The summed E-state index contributed by atoms with van der Waals surface area (Å²) < 4.78 is 5.34. The van der Waals surface area contributed by atoms with Crippen LogP contribution in [0.4, 0.5) is 5.69 Å². The van der Waals surface area contributed by atoms with Gasteiger partial charge >= 0.3 is 0 Å². The van der Waals surface area contributed by atoms with E-state index in [-0.39, 0.29) is 0 Å². The molecule has 2 N–H and O–H groups in total. The molecule has 0 saturated heterocycles. The molecule has 1 aromatic heterocycles. The molecule has 0 aliphatic heterocycles. The number of hydrogen-bond donors (Lipinski definition) is 1. The smallest absolute Gasteiger partial charge is 0.260 e. The molecule has 0 amide bonds. The van der Waals surface area contributed by atoms with Crippen molar-refractivity contribution in [2.45, 2.75) is 38.0 Å². The van der Waals surface area contributed by atoms with Crippen molar-refractivity contribution in [2.24, 2.45) is 0 Å². The van der Waals surface area contributed by atoms with Crippen molar-refractivity contribution in [2.75, 3.05) is 5.73 Å². The Kier molecular flexibility index (Phi) is 3.85. The predicted octanol–water partition coefficient (Wildman–Crippen LogP) is 4.67. The van der Waals surface area contributed by atoms with Crippen LogP contribution in [0.5, 0.6) is 0 Å². The first kappa shape index (κ1) is 13.7. The van der Waals surface area contributed by atoms with Gasteiger partial charge in [-0.25, -0.2) is 0 Å². The molecule has 0 bridgehead atoms. The van der Waals surface area contributed by atoms with Gasteiger partial charge in [-0.2, -0.15) is 4.98 Å². The van der Waals surface area contributed by atoms with Gasteiger partial charge in [0.1, 0.15) is 0 Å². The number of hydrogen-bond acceptors (Lipinski definition) is 4. The Bertz CT molecular complexity index is 621. The zero-order valence-electron chi connectivity index (χ0n) is 10.9. The number of rotatable bonds is 2. The summed E-state index contributed by atoms with van der Waals surface area (Å²) in [5.74, 6) is 1.53. The number of benzene rings is 1. The van der Waals surface area contributed by atoms with E-state index in [2.05, 4.69) is 10.1 Å². The van der Waals surface area contributed by atoms with Gasteiger partial charge in [-0.05, 0) is 25.0 Å². The Balaban J connectivity index is 1.93. The molecule has 3 rings (SSSR count). The van der Waals surface area contributed by atoms with Gasteiger partial charge in [0.15, 0.2) is 5.82 Å². The van der Waals surface area contributed by atoms with E-state index in [1.54, 1.807) is 12.1 Å². The molecular formula is C14H15Cl2N3O. The molecule has 2 aromatic rings. The van der Waals surface area contributed by atoms with E-state index in [1.807, 2.05) is 0 Å². The van der Waals surface area contributed by atoms with Gasteiger partial charge in [-0.15, -0.1) is 0 Å². The van der Waals surface area contributed by atoms with Gasteiger partial charge in [0.05, 0.1) is 16.3 Å². The summed E-state index contributed by atoms with van der Waals surface area (Å²) in [6.45, 7) is 0. The van der Waals surface area contributed by atoms with Crippen LogP contribution in [0.3, 0.4) is 0 Å². The first-order valence-corrected chi connectivity index (χ1v) is 7.49.